The van der Waals surface area contributed by atoms with E-state index >= 15 is 0 Å². The van der Waals surface area contributed by atoms with Gasteiger partial charge in [-0.05, 0) is 32.7 Å². The van der Waals surface area contributed by atoms with Gasteiger partial charge in [0.05, 0.1) is 0 Å². The van der Waals surface area contributed by atoms with E-state index in [-0.39, 0.29) is 0 Å². The van der Waals surface area contributed by atoms with Crippen LogP contribution in [-0.4, -0.2) is 60.6 Å². The lowest BCUT2D eigenvalue weighted by atomic mass is 9.97. The molecule has 3 aliphatic rings. The smallest absolute Gasteiger partial charge is 0.0264 e. The third kappa shape index (κ3) is 2.01. The maximum atomic E-state index is 3.55. The summed E-state index contributed by atoms with van der Waals surface area (Å²) in [6.07, 6.45) is 5.75. The fraction of sp³-hybridized carbons (Fsp3) is 1.00. The molecule has 3 rings (SSSR count). The molecule has 3 atom stereocenters. The Morgan fingerprint density at radius 2 is 1.81 bits per heavy atom. The molecule has 0 spiro atoms. The number of nitrogens with one attached hydrogen (secondary N) is 1. The van der Waals surface area contributed by atoms with Gasteiger partial charge < -0.3 is 5.32 Å². The number of fused-ring (bicyclic) bond motifs is 1. The van der Waals surface area contributed by atoms with Crippen molar-refractivity contribution in [2.75, 3.05) is 32.7 Å². The Labute approximate surface area is 99.2 Å². The summed E-state index contributed by atoms with van der Waals surface area (Å²) in [5, 5.41) is 3.55. The minimum Gasteiger partial charge on any atom is -0.312 e. The maximum absolute atomic E-state index is 3.55. The first kappa shape index (κ1) is 11.0. The van der Waals surface area contributed by atoms with Gasteiger partial charge in [-0.1, -0.05) is 6.42 Å². The summed E-state index contributed by atoms with van der Waals surface area (Å²) in [7, 11) is 0. The van der Waals surface area contributed by atoms with E-state index < -0.39 is 0 Å². The Morgan fingerprint density at radius 3 is 2.69 bits per heavy atom. The largest absolute Gasteiger partial charge is 0.312 e. The molecule has 1 N–H and O–H groups in total. The van der Waals surface area contributed by atoms with Crippen molar-refractivity contribution in [2.24, 2.45) is 0 Å². The average molecular weight is 223 g/mol. The minimum absolute atomic E-state index is 0.686. The van der Waals surface area contributed by atoms with Gasteiger partial charge >= 0.3 is 0 Å². The zero-order valence-electron chi connectivity index (χ0n) is 10.5. The molecular weight excluding hydrogens is 198 g/mol. The summed E-state index contributed by atoms with van der Waals surface area (Å²) >= 11 is 0. The van der Waals surface area contributed by atoms with Gasteiger partial charge in [-0.25, -0.2) is 0 Å². The van der Waals surface area contributed by atoms with Crippen LogP contribution in [0.25, 0.3) is 0 Å². The molecule has 0 aromatic carbocycles. The highest BCUT2D eigenvalue weighted by molar-refractivity contribution is 4.96. The Hall–Kier alpha value is -0.120. The van der Waals surface area contributed by atoms with E-state index in [9.17, 15) is 0 Å². The molecule has 0 aliphatic carbocycles. The van der Waals surface area contributed by atoms with Crippen LogP contribution < -0.4 is 5.32 Å². The Kier molecular flexibility index (Phi) is 3.18. The van der Waals surface area contributed by atoms with Crippen LogP contribution in [0.4, 0.5) is 0 Å². The predicted octanol–water partition coefficient (Wildman–Crippen LogP) is 0.907. The molecule has 3 heterocycles. The number of hydrogen-bond acceptors (Lipinski definition) is 3. The lowest BCUT2D eigenvalue weighted by Crippen LogP contribution is -2.56. The summed E-state index contributed by atoms with van der Waals surface area (Å²) in [5.41, 5.74) is 0. The molecule has 0 aromatic heterocycles. The van der Waals surface area contributed by atoms with Gasteiger partial charge in [0.15, 0.2) is 0 Å². The van der Waals surface area contributed by atoms with Crippen LogP contribution in [0.3, 0.4) is 0 Å². The van der Waals surface area contributed by atoms with Gasteiger partial charge in [-0.15, -0.1) is 0 Å². The fourth-order valence-corrected chi connectivity index (χ4v) is 3.91. The molecule has 3 unspecified atom stereocenters. The normalized spacial score (nSPS) is 42.2. The van der Waals surface area contributed by atoms with Gasteiger partial charge in [0.2, 0.25) is 0 Å². The van der Waals surface area contributed by atoms with Crippen LogP contribution in [0.1, 0.15) is 32.6 Å². The first-order valence-corrected chi connectivity index (χ1v) is 7.06. The highest BCUT2D eigenvalue weighted by Crippen LogP contribution is 2.30. The van der Waals surface area contributed by atoms with Crippen LogP contribution in [0.2, 0.25) is 0 Å². The summed E-state index contributed by atoms with van der Waals surface area (Å²) in [6, 6.07) is 2.44. The van der Waals surface area contributed by atoms with Gasteiger partial charge in [0, 0.05) is 44.3 Å². The van der Waals surface area contributed by atoms with Crippen molar-refractivity contribution >= 4 is 0 Å². The lowest BCUT2D eigenvalue weighted by Gasteiger charge is -2.41. The van der Waals surface area contributed by atoms with Crippen LogP contribution in [0.15, 0.2) is 0 Å². The Balaban J connectivity index is 1.65. The topological polar surface area (TPSA) is 18.5 Å². The Bertz CT molecular complexity index is 243. The van der Waals surface area contributed by atoms with E-state index in [4.69, 9.17) is 0 Å². The molecule has 3 fully saturated rings. The number of rotatable bonds is 1. The van der Waals surface area contributed by atoms with E-state index in [1.807, 2.05) is 0 Å². The van der Waals surface area contributed by atoms with Crippen molar-refractivity contribution in [3.05, 3.63) is 0 Å². The zero-order valence-corrected chi connectivity index (χ0v) is 10.5. The van der Waals surface area contributed by atoms with Crippen molar-refractivity contribution in [3.63, 3.8) is 0 Å². The molecular formula is C13H25N3. The van der Waals surface area contributed by atoms with Crippen LogP contribution in [0, 0.1) is 0 Å². The third-order valence-corrected chi connectivity index (χ3v) is 4.69. The fourth-order valence-electron chi connectivity index (χ4n) is 3.91. The van der Waals surface area contributed by atoms with Crippen molar-refractivity contribution in [2.45, 2.75) is 50.7 Å². The zero-order chi connectivity index (χ0) is 11.0. The molecule has 3 aliphatic heterocycles. The van der Waals surface area contributed by atoms with E-state index in [1.165, 1.54) is 58.4 Å². The van der Waals surface area contributed by atoms with E-state index in [1.54, 1.807) is 0 Å². The standard InChI is InChI=1S/C13H25N3/c1-11-10-16(9-6-14-11)13-5-8-15-7-3-2-4-12(13)15/h11-14H,2-10H2,1H3. The quantitative estimate of drug-likeness (QED) is 0.713. The number of nitrogens with zero attached hydrogens (tertiary/aromatic N) is 2. The maximum Gasteiger partial charge on any atom is 0.0264 e. The highest BCUT2D eigenvalue weighted by Gasteiger charge is 2.39. The van der Waals surface area contributed by atoms with E-state index in [0.717, 1.165) is 12.1 Å². The minimum atomic E-state index is 0.686. The molecule has 16 heavy (non-hydrogen) atoms. The predicted molar refractivity (Wildman–Crippen MR) is 66.7 cm³/mol. The highest BCUT2D eigenvalue weighted by atomic mass is 15.3. The SMILES string of the molecule is CC1CN(C2CCN3CCCCC23)CCN1. The molecule has 0 amide bonds. The second-order valence-corrected chi connectivity index (χ2v) is 5.81. The first-order valence-electron chi connectivity index (χ1n) is 7.06. The van der Waals surface area contributed by atoms with Crippen LogP contribution >= 0.6 is 0 Å². The van der Waals surface area contributed by atoms with Gasteiger partial charge in [0.1, 0.15) is 0 Å². The first-order chi connectivity index (χ1) is 7.84. The molecule has 0 bridgehead atoms. The van der Waals surface area contributed by atoms with Crippen molar-refractivity contribution in [1.82, 2.24) is 15.1 Å². The van der Waals surface area contributed by atoms with E-state index in [2.05, 4.69) is 22.0 Å². The lowest BCUT2D eigenvalue weighted by molar-refractivity contribution is 0.0927. The second-order valence-electron chi connectivity index (χ2n) is 5.81. The van der Waals surface area contributed by atoms with E-state index in [0.29, 0.717) is 6.04 Å². The summed E-state index contributed by atoms with van der Waals surface area (Å²) in [5.74, 6) is 0. The molecule has 3 nitrogen and oxygen atoms in total. The molecule has 0 aromatic rings. The van der Waals surface area contributed by atoms with Gasteiger partial charge in [-0.3, -0.25) is 9.80 Å². The van der Waals surface area contributed by atoms with Crippen molar-refractivity contribution in [1.29, 1.82) is 0 Å². The monoisotopic (exact) mass is 223 g/mol. The van der Waals surface area contributed by atoms with Crippen LogP contribution in [-0.2, 0) is 0 Å². The number of piperazine rings is 1. The summed E-state index contributed by atoms with van der Waals surface area (Å²) in [6.45, 7) is 8.74. The van der Waals surface area contributed by atoms with Crippen LogP contribution in [0.5, 0.6) is 0 Å². The Morgan fingerprint density at radius 1 is 0.938 bits per heavy atom. The molecule has 3 saturated heterocycles. The number of piperidine rings is 1. The molecule has 0 radical (unpaired) electrons. The number of hydrogen-bond donors (Lipinski definition) is 1. The molecule has 0 saturated carbocycles. The van der Waals surface area contributed by atoms with Gasteiger partial charge in [-0.2, -0.15) is 0 Å². The second kappa shape index (κ2) is 4.63. The molecule has 3 heteroatoms. The van der Waals surface area contributed by atoms with Gasteiger partial charge in [0.25, 0.3) is 0 Å². The summed E-state index contributed by atoms with van der Waals surface area (Å²) < 4.78 is 0. The van der Waals surface area contributed by atoms with Crippen molar-refractivity contribution < 1.29 is 0 Å². The third-order valence-electron chi connectivity index (χ3n) is 4.69. The molecule has 92 valence electrons. The van der Waals surface area contributed by atoms with Crippen molar-refractivity contribution in [3.8, 4) is 0 Å². The average Bonchev–Trinajstić information content (AvgIpc) is 2.72. The summed E-state index contributed by atoms with van der Waals surface area (Å²) in [4.78, 5) is 5.51.